The maximum absolute atomic E-state index is 5.85. The maximum Gasteiger partial charge on any atom is 0.139 e. The van der Waals surface area contributed by atoms with Crippen LogP contribution in [-0.4, -0.2) is 0 Å². The second kappa shape index (κ2) is 3.37. The quantitative estimate of drug-likeness (QED) is 0.694. The highest BCUT2D eigenvalue weighted by atomic mass is 16.3. The van der Waals surface area contributed by atoms with E-state index in [1.54, 1.807) is 0 Å². The molecule has 0 saturated heterocycles. The van der Waals surface area contributed by atoms with Crippen LogP contribution in [0.5, 0.6) is 0 Å². The zero-order valence-corrected chi connectivity index (χ0v) is 10.3. The van der Waals surface area contributed by atoms with Crippen LogP contribution in [0.3, 0.4) is 0 Å². The van der Waals surface area contributed by atoms with Crippen LogP contribution in [0, 0.1) is 20.8 Å². The van der Waals surface area contributed by atoms with E-state index >= 15 is 0 Å². The van der Waals surface area contributed by atoms with Crippen molar-refractivity contribution in [3.05, 3.63) is 34.8 Å². The molecule has 17 heavy (non-hydrogen) atoms. The van der Waals surface area contributed by atoms with Crippen molar-refractivity contribution in [1.82, 2.24) is 0 Å². The van der Waals surface area contributed by atoms with Crippen LogP contribution in [0.2, 0.25) is 0 Å². The zero-order valence-electron chi connectivity index (χ0n) is 10.3. The molecule has 0 aliphatic heterocycles. The molecule has 2 heterocycles. The van der Waals surface area contributed by atoms with Gasteiger partial charge in [0.25, 0.3) is 0 Å². The highest BCUT2D eigenvalue weighted by Gasteiger charge is 2.17. The third kappa shape index (κ3) is 1.32. The Morgan fingerprint density at radius 1 is 0.941 bits per heavy atom. The molecule has 0 bridgehead atoms. The number of hydrogen-bond donors (Lipinski definition) is 1. The van der Waals surface area contributed by atoms with Gasteiger partial charge >= 0.3 is 0 Å². The Hall–Kier alpha value is -1.74. The van der Waals surface area contributed by atoms with Crippen molar-refractivity contribution in [1.29, 1.82) is 0 Å². The average molecular weight is 229 g/mol. The van der Waals surface area contributed by atoms with E-state index in [4.69, 9.17) is 14.6 Å². The van der Waals surface area contributed by atoms with Gasteiger partial charge < -0.3 is 14.6 Å². The van der Waals surface area contributed by atoms with Crippen LogP contribution in [-0.2, 0) is 6.54 Å². The summed E-state index contributed by atoms with van der Waals surface area (Å²) in [5.74, 6) is 1.81. The normalized spacial score (nSPS) is 11.8. The van der Waals surface area contributed by atoms with Crippen molar-refractivity contribution in [2.24, 2.45) is 5.73 Å². The lowest BCUT2D eigenvalue weighted by Crippen LogP contribution is -1.98. The van der Waals surface area contributed by atoms with Gasteiger partial charge in [-0.2, -0.15) is 0 Å². The lowest BCUT2D eigenvalue weighted by molar-refractivity contribution is 0.571. The lowest BCUT2D eigenvalue weighted by atomic mass is 10.0. The van der Waals surface area contributed by atoms with Crippen LogP contribution in [0.15, 0.2) is 21.0 Å². The van der Waals surface area contributed by atoms with E-state index < -0.39 is 0 Å². The molecular formula is C14H15NO2. The Balaban J connectivity index is 2.60. The van der Waals surface area contributed by atoms with E-state index in [2.05, 4.69) is 6.92 Å². The molecule has 2 N–H and O–H groups in total. The fourth-order valence-corrected chi connectivity index (χ4v) is 2.48. The minimum absolute atomic E-state index is 0.458. The van der Waals surface area contributed by atoms with E-state index in [9.17, 15) is 0 Å². The molecule has 0 aliphatic carbocycles. The van der Waals surface area contributed by atoms with Crippen molar-refractivity contribution in [3.63, 3.8) is 0 Å². The van der Waals surface area contributed by atoms with Gasteiger partial charge in [0.2, 0.25) is 0 Å². The second-order valence-corrected chi connectivity index (χ2v) is 4.51. The van der Waals surface area contributed by atoms with Crippen molar-refractivity contribution < 1.29 is 8.83 Å². The molecule has 3 aromatic rings. The molecule has 88 valence electrons. The van der Waals surface area contributed by atoms with E-state index in [0.717, 1.165) is 44.6 Å². The molecule has 0 saturated carbocycles. The SMILES string of the molecule is Cc1cc2c(CN)c3oc(C)cc3c(C)c2o1. The second-order valence-electron chi connectivity index (χ2n) is 4.51. The first-order valence-electron chi connectivity index (χ1n) is 5.73. The van der Waals surface area contributed by atoms with Gasteiger partial charge in [0.1, 0.15) is 22.7 Å². The molecule has 1 aromatic carbocycles. The summed E-state index contributed by atoms with van der Waals surface area (Å²) in [5.41, 5.74) is 9.83. The number of aryl methyl sites for hydroxylation is 3. The predicted octanol–water partition coefficient (Wildman–Crippen LogP) is 3.56. The van der Waals surface area contributed by atoms with Crippen LogP contribution >= 0.6 is 0 Å². The van der Waals surface area contributed by atoms with Crippen molar-refractivity contribution >= 4 is 21.9 Å². The van der Waals surface area contributed by atoms with Gasteiger partial charge in [0, 0.05) is 28.4 Å². The molecule has 3 nitrogen and oxygen atoms in total. The number of rotatable bonds is 1. The lowest BCUT2D eigenvalue weighted by Gasteiger charge is -2.03. The highest BCUT2D eigenvalue weighted by molar-refractivity contribution is 6.01. The Morgan fingerprint density at radius 2 is 1.53 bits per heavy atom. The molecule has 3 heteroatoms. The van der Waals surface area contributed by atoms with E-state index in [1.165, 1.54) is 0 Å². The topological polar surface area (TPSA) is 52.3 Å². The third-order valence-corrected chi connectivity index (χ3v) is 3.26. The fourth-order valence-electron chi connectivity index (χ4n) is 2.48. The molecule has 0 atom stereocenters. The summed E-state index contributed by atoms with van der Waals surface area (Å²) in [6, 6.07) is 4.07. The van der Waals surface area contributed by atoms with E-state index in [-0.39, 0.29) is 0 Å². The van der Waals surface area contributed by atoms with Gasteiger partial charge in [-0.1, -0.05) is 0 Å². The van der Waals surface area contributed by atoms with Crippen molar-refractivity contribution in [3.8, 4) is 0 Å². The number of hydrogen-bond acceptors (Lipinski definition) is 3. The first kappa shape index (κ1) is 10.4. The number of nitrogens with two attached hydrogens (primary N) is 1. The van der Waals surface area contributed by atoms with E-state index in [1.807, 2.05) is 26.0 Å². The van der Waals surface area contributed by atoms with Crippen LogP contribution in [0.1, 0.15) is 22.6 Å². The zero-order chi connectivity index (χ0) is 12.2. The summed E-state index contributed by atoms with van der Waals surface area (Å²) in [5, 5.41) is 2.18. The summed E-state index contributed by atoms with van der Waals surface area (Å²) in [6.07, 6.45) is 0. The standard InChI is InChI=1S/C14H15NO2/c1-7-4-10-9(3)13-11(5-8(2)16-13)12(6-15)14(10)17-7/h4-5H,6,15H2,1-3H3. The Kier molecular flexibility index (Phi) is 2.07. The summed E-state index contributed by atoms with van der Waals surface area (Å²) in [4.78, 5) is 0. The summed E-state index contributed by atoms with van der Waals surface area (Å²) < 4.78 is 11.5. The van der Waals surface area contributed by atoms with Gasteiger partial charge in [-0.3, -0.25) is 0 Å². The molecule has 0 fully saturated rings. The summed E-state index contributed by atoms with van der Waals surface area (Å²) in [7, 11) is 0. The minimum atomic E-state index is 0.458. The van der Waals surface area contributed by atoms with E-state index in [0.29, 0.717) is 6.54 Å². The van der Waals surface area contributed by atoms with Crippen molar-refractivity contribution in [2.45, 2.75) is 27.3 Å². The highest BCUT2D eigenvalue weighted by Crippen LogP contribution is 2.35. The molecular weight excluding hydrogens is 214 g/mol. The minimum Gasteiger partial charge on any atom is -0.461 e. The van der Waals surface area contributed by atoms with Gasteiger partial charge in [-0.25, -0.2) is 0 Å². The number of furan rings is 2. The van der Waals surface area contributed by atoms with Gasteiger partial charge in [-0.05, 0) is 32.9 Å². The molecule has 0 unspecified atom stereocenters. The van der Waals surface area contributed by atoms with Gasteiger partial charge in [0.15, 0.2) is 0 Å². The van der Waals surface area contributed by atoms with Gasteiger partial charge in [0.05, 0.1) is 0 Å². The molecule has 3 rings (SSSR count). The Labute approximate surface area is 99.2 Å². The molecule has 0 aliphatic rings. The van der Waals surface area contributed by atoms with Crippen LogP contribution in [0.25, 0.3) is 21.9 Å². The molecule has 0 radical (unpaired) electrons. The smallest absolute Gasteiger partial charge is 0.139 e. The molecule has 0 spiro atoms. The first-order valence-corrected chi connectivity index (χ1v) is 5.73. The van der Waals surface area contributed by atoms with Gasteiger partial charge in [-0.15, -0.1) is 0 Å². The van der Waals surface area contributed by atoms with Crippen LogP contribution in [0.4, 0.5) is 0 Å². The number of fused-ring (bicyclic) bond motifs is 2. The fraction of sp³-hybridized carbons (Fsp3) is 0.286. The first-order chi connectivity index (χ1) is 8.11. The van der Waals surface area contributed by atoms with Crippen molar-refractivity contribution in [2.75, 3.05) is 0 Å². The average Bonchev–Trinajstić information content (AvgIpc) is 2.83. The number of benzene rings is 1. The Morgan fingerprint density at radius 3 is 2.18 bits per heavy atom. The maximum atomic E-state index is 5.85. The van der Waals surface area contributed by atoms with Crippen LogP contribution < -0.4 is 5.73 Å². The molecule has 2 aromatic heterocycles. The third-order valence-electron chi connectivity index (χ3n) is 3.26. The molecule has 0 amide bonds. The summed E-state index contributed by atoms with van der Waals surface area (Å²) in [6.45, 7) is 6.42. The summed E-state index contributed by atoms with van der Waals surface area (Å²) >= 11 is 0. The largest absolute Gasteiger partial charge is 0.461 e. The predicted molar refractivity (Wildman–Crippen MR) is 68.1 cm³/mol. The monoisotopic (exact) mass is 229 g/mol. The Bertz CT molecular complexity index is 661.